The number of nitrogens with one attached hydrogen (secondary N) is 2. The van der Waals surface area contributed by atoms with Crippen molar-refractivity contribution in [1.29, 1.82) is 0 Å². The van der Waals surface area contributed by atoms with Gasteiger partial charge in [-0.25, -0.2) is 4.98 Å². The minimum absolute atomic E-state index is 0.482. The zero-order valence-corrected chi connectivity index (χ0v) is 14.9. The molecule has 0 spiro atoms. The molecule has 0 fully saturated rings. The van der Waals surface area contributed by atoms with Gasteiger partial charge in [0.25, 0.3) is 0 Å². The molecule has 2 rings (SSSR count). The van der Waals surface area contributed by atoms with Crippen LogP contribution in [0.25, 0.3) is 0 Å². The van der Waals surface area contributed by atoms with Crippen LogP contribution < -0.4 is 10.6 Å². The number of halogens is 3. The van der Waals surface area contributed by atoms with Crippen molar-refractivity contribution in [2.24, 2.45) is 0 Å². The van der Waals surface area contributed by atoms with Crippen LogP contribution >= 0.6 is 39.1 Å². The van der Waals surface area contributed by atoms with Crippen molar-refractivity contribution >= 4 is 56.5 Å². The van der Waals surface area contributed by atoms with Crippen molar-refractivity contribution in [3.8, 4) is 0 Å². The topological polar surface area (TPSA) is 37.0 Å². The molecular weight excluding hydrogens is 373 g/mol. The van der Waals surface area contributed by atoms with E-state index in [4.69, 9.17) is 23.2 Å². The van der Waals surface area contributed by atoms with Gasteiger partial charge in [-0.1, -0.05) is 36.2 Å². The zero-order valence-electron chi connectivity index (χ0n) is 11.8. The van der Waals surface area contributed by atoms with Crippen LogP contribution in [0.1, 0.15) is 18.9 Å². The summed E-state index contributed by atoms with van der Waals surface area (Å²) >= 11 is 15.9. The molecule has 0 radical (unpaired) electrons. The first-order chi connectivity index (χ1) is 10.0. The van der Waals surface area contributed by atoms with E-state index >= 15 is 0 Å². The summed E-state index contributed by atoms with van der Waals surface area (Å²) in [5, 5.41) is 7.42. The minimum Gasteiger partial charge on any atom is -0.369 e. The third-order valence-corrected chi connectivity index (χ3v) is 4.11. The summed E-state index contributed by atoms with van der Waals surface area (Å²) in [4.78, 5) is 4.47. The van der Waals surface area contributed by atoms with Crippen LogP contribution in [-0.4, -0.2) is 11.5 Å². The number of rotatable bonds is 5. The lowest BCUT2D eigenvalue weighted by atomic mass is 10.2. The Kier molecular flexibility index (Phi) is 5.73. The molecule has 112 valence electrons. The number of benzene rings is 1. The number of anilines is 3. The molecule has 1 aromatic carbocycles. The van der Waals surface area contributed by atoms with Gasteiger partial charge in [-0.2, -0.15) is 0 Å². The third-order valence-electron chi connectivity index (χ3n) is 2.85. The fraction of sp³-hybridized carbons (Fsp3) is 0.267. The Labute approximate surface area is 143 Å². The van der Waals surface area contributed by atoms with Gasteiger partial charge in [0.2, 0.25) is 0 Å². The summed E-state index contributed by atoms with van der Waals surface area (Å²) in [6.07, 6.45) is 0.993. The smallest absolute Gasteiger partial charge is 0.151 e. The first kappa shape index (κ1) is 16.4. The Hall–Kier alpha value is -0.970. The lowest BCUT2D eigenvalue weighted by Crippen LogP contribution is -2.05. The fourth-order valence-corrected chi connectivity index (χ4v) is 2.60. The molecule has 0 aliphatic rings. The van der Waals surface area contributed by atoms with Crippen LogP contribution in [-0.2, 0) is 0 Å². The van der Waals surface area contributed by atoms with Crippen LogP contribution in [0.3, 0.4) is 0 Å². The largest absolute Gasteiger partial charge is 0.369 e. The van der Waals surface area contributed by atoms with E-state index in [-0.39, 0.29) is 0 Å². The predicted octanol–water partition coefficient (Wildman–Crippen LogP) is 6.02. The van der Waals surface area contributed by atoms with Gasteiger partial charge in [-0.15, -0.1) is 0 Å². The zero-order chi connectivity index (χ0) is 15.4. The van der Waals surface area contributed by atoms with Gasteiger partial charge in [0, 0.05) is 11.0 Å². The Balaban J connectivity index is 2.32. The Morgan fingerprint density at radius 2 is 1.86 bits per heavy atom. The number of aryl methyl sites for hydroxylation is 1. The molecular formula is C15H16BrCl2N3. The third kappa shape index (κ3) is 4.25. The monoisotopic (exact) mass is 387 g/mol. The number of hydrogen-bond acceptors (Lipinski definition) is 3. The molecule has 0 bridgehead atoms. The summed E-state index contributed by atoms with van der Waals surface area (Å²) in [5.41, 5.74) is 2.06. The standard InChI is InChI=1S/C15H16BrCl2N3/c1-3-6-19-14-11(17)8-12(18)15(21-14)20-13-7-9(2)4-5-10(13)16/h4-5,7-8H,3,6H2,1-2H3,(H2,19,20,21). The highest BCUT2D eigenvalue weighted by atomic mass is 79.9. The lowest BCUT2D eigenvalue weighted by molar-refractivity contribution is 0.970. The summed E-state index contributed by atoms with van der Waals surface area (Å²) in [5.74, 6) is 1.21. The van der Waals surface area contributed by atoms with E-state index in [1.165, 1.54) is 0 Å². The van der Waals surface area contributed by atoms with E-state index in [0.717, 1.165) is 28.7 Å². The van der Waals surface area contributed by atoms with Crippen molar-refractivity contribution in [3.63, 3.8) is 0 Å². The van der Waals surface area contributed by atoms with E-state index in [9.17, 15) is 0 Å². The maximum atomic E-state index is 6.23. The lowest BCUT2D eigenvalue weighted by Gasteiger charge is -2.13. The Morgan fingerprint density at radius 3 is 2.57 bits per heavy atom. The van der Waals surface area contributed by atoms with Gasteiger partial charge in [0.1, 0.15) is 5.82 Å². The molecule has 1 heterocycles. The second kappa shape index (κ2) is 7.34. The van der Waals surface area contributed by atoms with Gasteiger partial charge >= 0.3 is 0 Å². The molecule has 0 saturated carbocycles. The van der Waals surface area contributed by atoms with E-state index in [0.29, 0.717) is 21.7 Å². The molecule has 2 N–H and O–H groups in total. The van der Waals surface area contributed by atoms with Crippen LogP contribution in [0.5, 0.6) is 0 Å². The van der Waals surface area contributed by atoms with Gasteiger partial charge in [-0.05, 0) is 53.0 Å². The summed E-state index contributed by atoms with van der Waals surface area (Å²) < 4.78 is 0.948. The minimum atomic E-state index is 0.482. The van der Waals surface area contributed by atoms with Crippen LogP contribution in [0.4, 0.5) is 17.3 Å². The van der Waals surface area contributed by atoms with Crippen molar-refractivity contribution in [1.82, 2.24) is 4.98 Å². The maximum Gasteiger partial charge on any atom is 0.151 e. The quantitative estimate of drug-likeness (QED) is 0.656. The summed E-state index contributed by atoms with van der Waals surface area (Å²) in [6, 6.07) is 7.73. The first-order valence-electron chi connectivity index (χ1n) is 6.64. The molecule has 0 aliphatic carbocycles. The molecule has 21 heavy (non-hydrogen) atoms. The molecule has 2 aromatic rings. The highest BCUT2D eigenvalue weighted by Gasteiger charge is 2.10. The molecule has 0 saturated heterocycles. The Bertz CT molecular complexity index is 647. The molecule has 0 unspecified atom stereocenters. The summed E-state index contributed by atoms with van der Waals surface area (Å²) in [7, 11) is 0. The maximum absolute atomic E-state index is 6.23. The second-order valence-electron chi connectivity index (χ2n) is 4.68. The number of pyridine rings is 1. The van der Waals surface area contributed by atoms with E-state index in [1.807, 2.05) is 25.1 Å². The van der Waals surface area contributed by atoms with Gasteiger partial charge in [-0.3, -0.25) is 0 Å². The van der Waals surface area contributed by atoms with Crippen LogP contribution in [0.2, 0.25) is 10.0 Å². The van der Waals surface area contributed by atoms with Gasteiger partial charge in [0.15, 0.2) is 5.82 Å². The summed E-state index contributed by atoms with van der Waals surface area (Å²) in [6.45, 7) is 4.92. The fourth-order valence-electron chi connectivity index (χ4n) is 1.78. The molecule has 1 aromatic heterocycles. The SMILES string of the molecule is CCCNc1nc(Nc2cc(C)ccc2Br)c(Cl)cc1Cl. The number of nitrogens with zero attached hydrogens (tertiary/aromatic N) is 1. The highest BCUT2D eigenvalue weighted by Crippen LogP contribution is 2.33. The van der Waals surface area contributed by atoms with Crippen molar-refractivity contribution < 1.29 is 0 Å². The van der Waals surface area contributed by atoms with E-state index in [2.05, 4.69) is 38.5 Å². The second-order valence-corrected chi connectivity index (χ2v) is 6.35. The Morgan fingerprint density at radius 1 is 1.14 bits per heavy atom. The first-order valence-corrected chi connectivity index (χ1v) is 8.19. The average Bonchev–Trinajstić information content (AvgIpc) is 2.44. The average molecular weight is 389 g/mol. The molecule has 0 amide bonds. The molecule has 3 nitrogen and oxygen atoms in total. The van der Waals surface area contributed by atoms with E-state index < -0.39 is 0 Å². The van der Waals surface area contributed by atoms with Crippen molar-refractivity contribution in [2.75, 3.05) is 17.2 Å². The normalized spacial score (nSPS) is 10.5. The molecule has 6 heteroatoms. The van der Waals surface area contributed by atoms with Crippen LogP contribution in [0, 0.1) is 6.92 Å². The van der Waals surface area contributed by atoms with Gasteiger partial charge in [0.05, 0.1) is 15.7 Å². The number of aromatic nitrogens is 1. The molecule has 0 atom stereocenters. The van der Waals surface area contributed by atoms with Crippen molar-refractivity contribution in [3.05, 3.63) is 44.3 Å². The predicted molar refractivity (Wildman–Crippen MR) is 95.2 cm³/mol. The number of hydrogen-bond donors (Lipinski definition) is 2. The van der Waals surface area contributed by atoms with E-state index in [1.54, 1.807) is 6.07 Å². The highest BCUT2D eigenvalue weighted by molar-refractivity contribution is 9.10. The van der Waals surface area contributed by atoms with Crippen LogP contribution in [0.15, 0.2) is 28.7 Å². The van der Waals surface area contributed by atoms with Gasteiger partial charge < -0.3 is 10.6 Å². The molecule has 0 aliphatic heterocycles. The van der Waals surface area contributed by atoms with Crippen molar-refractivity contribution in [2.45, 2.75) is 20.3 Å².